The molecule has 1 heteroatoms. The van der Waals surface area contributed by atoms with E-state index < -0.39 is 0 Å². The average Bonchev–Trinajstić information content (AvgIpc) is 2.83. The summed E-state index contributed by atoms with van der Waals surface area (Å²) in [5.41, 5.74) is 4.03. The average molecular weight is 245 g/mol. The molecule has 0 saturated carbocycles. The Hall–Kier alpha value is -2.28. The van der Waals surface area contributed by atoms with Gasteiger partial charge in [-0.2, -0.15) is 0 Å². The van der Waals surface area contributed by atoms with Crippen LogP contribution in [0.5, 0.6) is 0 Å². The molecule has 1 aliphatic heterocycles. The second-order valence-electron chi connectivity index (χ2n) is 5.05. The van der Waals surface area contributed by atoms with Crippen LogP contribution in [0.4, 0.5) is 11.4 Å². The first-order valence-corrected chi connectivity index (χ1v) is 6.73. The molecule has 2 aliphatic rings. The number of hydrogen-bond donors (Lipinski definition) is 0. The first-order valence-electron chi connectivity index (χ1n) is 6.73. The van der Waals surface area contributed by atoms with E-state index in [1.54, 1.807) is 0 Å². The van der Waals surface area contributed by atoms with Gasteiger partial charge in [-0.15, -0.1) is 0 Å². The number of para-hydroxylation sites is 2. The van der Waals surface area contributed by atoms with Crippen molar-refractivity contribution in [3.63, 3.8) is 0 Å². The molecule has 2 aromatic carbocycles. The summed E-state index contributed by atoms with van der Waals surface area (Å²) in [4.78, 5) is 2.44. The lowest BCUT2D eigenvalue weighted by atomic mass is 9.91. The molecular formula is C18H15N. The predicted octanol–water partition coefficient (Wildman–Crippen LogP) is 4.42. The molecule has 2 atom stereocenters. The zero-order valence-corrected chi connectivity index (χ0v) is 10.6. The minimum Gasteiger partial charge on any atom is -0.333 e. The number of nitrogens with zero attached hydrogens (tertiary/aromatic N) is 1. The lowest BCUT2D eigenvalue weighted by Crippen LogP contribution is -2.28. The molecule has 0 aromatic heterocycles. The number of hydrogen-bond acceptors (Lipinski definition) is 1. The van der Waals surface area contributed by atoms with Crippen molar-refractivity contribution in [3.05, 3.63) is 84.5 Å². The predicted molar refractivity (Wildman–Crippen MR) is 79.8 cm³/mol. The Morgan fingerprint density at radius 1 is 0.737 bits per heavy atom. The maximum atomic E-state index is 2.44. The highest BCUT2D eigenvalue weighted by atomic mass is 15.2. The van der Waals surface area contributed by atoms with Crippen LogP contribution in [0.2, 0.25) is 0 Å². The first-order chi connectivity index (χ1) is 9.45. The van der Waals surface area contributed by atoms with Gasteiger partial charge in [-0.25, -0.2) is 0 Å². The summed E-state index contributed by atoms with van der Waals surface area (Å²) >= 11 is 0. The zero-order chi connectivity index (χ0) is 12.7. The quantitative estimate of drug-likeness (QED) is 0.719. The van der Waals surface area contributed by atoms with Gasteiger partial charge in [0.2, 0.25) is 0 Å². The van der Waals surface area contributed by atoms with Crippen LogP contribution in [0.25, 0.3) is 0 Å². The topological polar surface area (TPSA) is 3.24 Å². The van der Waals surface area contributed by atoms with E-state index in [1.807, 2.05) is 0 Å². The van der Waals surface area contributed by atoms with E-state index in [-0.39, 0.29) is 0 Å². The maximum absolute atomic E-state index is 2.44. The molecule has 0 spiro atoms. The minimum absolute atomic E-state index is 0.407. The fraction of sp³-hybridized carbons (Fsp3) is 0.111. The van der Waals surface area contributed by atoms with Crippen molar-refractivity contribution in [2.75, 3.05) is 4.90 Å². The van der Waals surface area contributed by atoms with Crippen LogP contribution < -0.4 is 4.90 Å². The Kier molecular flexibility index (Phi) is 2.31. The summed E-state index contributed by atoms with van der Waals surface area (Å²) in [6, 6.07) is 19.8. The Balaban J connectivity index is 1.91. The highest BCUT2D eigenvalue weighted by Crippen LogP contribution is 2.47. The monoisotopic (exact) mass is 245 g/mol. The lowest BCUT2D eigenvalue weighted by Gasteiger charge is -2.28. The number of rotatable bonds is 1. The summed E-state index contributed by atoms with van der Waals surface area (Å²) < 4.78 is 0. The lowest BCUT2D eigenvalue weighted by molar-refractivity contribution is 0.745. The Morgan fingerprint density at radius 3 is 2.37 bits per heavy atom. The number of fused-ring (bicyclic) bond motifs is 3. The number of anilines is 2. The van der Waals surface area contributed by atoms with Gasteiger partial charge in [0.25, 0.3) is 0 Å². The van der Waals surface area contributed by atoms with Gasteiger partial charge in [-0.3, -0.25) is 0 Å². The Bertz CT molecular complexity index is 654. The molecule has 1 nitrogen and oxygen atoms in total. The smallest absolute Gasteiger partial charge is 0.0629 e. The van der Waals surface area contributed by atoms with E-state index >= 15 is 0 Å². The van der Waals surface area contributed by atoms with Gasteiger partial charge < -0.3 is 4.90 Å². The van der Waals surface area contributed by atoms with Crippen molar-refractivity contribution in [3.8, 4) is 0 Å². The molecule has 4 rings (SSSR count). The third-order valence-corrected chi connectivity index (χ3v) is 3.99. The van der Waals surface area contributed by atoms with Gasteiger partial charge in [-0.1, -0.05) is 60.7 Å². The van der Waals surface area contributed by atoms with Gasteiger partial charge >= 0.3 is 0 Å². The SMILES string of the molecule is C1=CC2c3ccccc3N(c3ccccc3)C2C=C1. The van der Waals surface area contributed by atoms with Crippen molar-refractivity contribution in [2.45, 2.75) is 12.0 Å². The highest BCUT2D eigenvalue weighted by molar-refractivity contribution is 5.74. The normalized spacial score (nSPS) is 23.3. The van der Waals surface area contributed by atoms with E-state index in [0.717, 1.165) is 0 Å². The van der Waals surface area contributed by atoms with Gasteiger partial charge in [0.1, 0.15) is 0 Å². The van der Waals surface area contributed by atoms with E-state index in [1.165, 1.54) is 16.9 Å². The third kappa shape index (κ3) is 1.55. The van der Waals surface area contributed by atoms with E-state index in [9.17, 15) is 0 Å². The maximum Gasteiger partial charge on any atom is 0.0629 e. The van der Waals surface area contributed by atoms with Crippen molar-refractivity contribution in [2.24, 2.45) is 0 Å². The van der Waals surface area contributed by atoms with Crippen LogP contribution in [-0.4, -0.2) is 6.04 Å². The molecule has 1 heterocycles. The molecule has 0 amide bonds. The van der Waals surface area contributed by atoms with Crippen molar-refractivity contribution in [1.82, 2.24) is 0 Å². The van der Waals surface area contributed by atoms with Gasteiger partial charge in [0.05, 0.1) is 6.04 Å². The van der Waals surface area contributed by atoms with Gasteiger partial charge in [-0.05, 0) is 23.8 Å². The molecular weight excluding hydrogens is 230 g/mol. The standard InChI is InChI=1S/C18H15N/c1-2-8-14(9-3-1)19-17-12-6-4-10-15(17)16-11-5-7-13-18(16)19/h1-13,15,17H. The summed E-state index contributed by atoms with van der Waals surface area (Å²) in [6.45, 7) is 0. The molecule has 19 heavy (non-hydrogen) atoms. The fourth-order valence-electron chi connectivity index (χ4n) is 3.18. The number of allylic oxidation sites excluding steroid dienone is 2. The summed E-state index contributed by atoms with van der Waals surface area (Å²) in [7, 11) is 0. The Labute approximate surface area is 113 Å². The molecule has 1 aliphatic carbocycles. The molecule has 0 saturated heterocycles. The number of benzene rings is 2. The third-order valence-electron chi connectivity index (χ3n) is 3.99. The van der Waals surface area contributed by atoms with Crippen molar-refractivity contribution >= 4 is 11.4 Å². The molecule has 0 fully saturated rings. The Morgan fingerprint density at radius 2 is 1.47 bits per heavy atom. The molecule has 2 unspecified atom stereocenters. The minimum atomic E-state index is 0.407. The highest BCUT2D eigenvalue weighted by Gasteiger charge is 2.36. The van der Waals surface area contributed by atoms with Crippen LogP contribution in [0.3, 0.4) is 0 Å². The summed E-state index contributed by atoms with van der Waals surface area (Å²) in [6.07, 6.45) is 8.93. The second kappa shape index (κ2) is 4.13. The molecule has 0 N–H and O–H groups in total. The van der Waals surface area contributed by atoms with Crippen LogP contribution >= 0.6 is 0 Å². The van der Waals surface area contributed by atoms with Gasteiger partial charge in [0.15, 0.2) is 0 Å². The van der Waals surface area contributed by atoms with Crippen LogP contribution in [0.15, 0.2) is 78.9 Å². The summed E-state index contributed by atoms with van der Waals surface area (Å²) in [5.74, 6) is 0.474. The first kappa shape index (κ1) is 10.6. The van der Waals surface area contributed by atoms with E-state index in [4.69, 9.17) is 0 Å². The van der Waals surface area contributed by atoms with Crippen LogP contribution in [0, 0.1) is 0 Å². The molecule has 92 valence electrons. The second-order valence-corrected chi connectivity index (χ2v) is 5.05. The van der Waals surface area contributed by atoms with Crippen molar-refractivity contribution < 1.29 is 0 Å². The van der Waals surface area contributed by atoms with Crippen LogP contribution in [-0.2, 0) is 0 Å². The van der Waals surface area contributed by atoms with Gasteiger partial charge in [0, 0.05) is 17.3 Å². The molecule has 0 radical (unpaired) electrons. The van der Waals surface area contributed by atoms with E-state index in [0.29, 0.717) is 12.0 Å². The fourth-order valence-corrected chi connectivity index (χ4v) is 3.18. The van der Waals surface area contributed by atoms with Crippen molar-refractivity contribution in [1.29, 1.82) is 0 Å². The van der Waals surface area contributed by atoms with E-state index in [2.05, 4.69) is 83.8 Å². The van der Waals surface area contributed by atoms with Crippen LogP contribution in [0.1, 0.15) is 11.5 Å². The largest absolute Gasteiger partial charge is 0.333 e. The zero-order valence-electron chi connectivity index (χ0n) is 10.6. The summed E-state index contributed by atoms with van der Waals surface area (Å²) in [5, 5.41) is 0. The molecule has 2 aromatic rings. The molecule has 0 bridgehead atoms.